The summed E-state index contributed by atoms with van der Waals surface area (Å²) in [7, 11) is 1.43. The van der Waals surface area contributed by atoms with Crippen molar-refractivity contribution < 1.29 is 13.5 Å². The Balaban J connectivity index is 2.34. The Morgan fingerprint density at radius 1 is 1.16 bits per heavy atom. The van der Waals surface area contributed by atoms with Crippen LogP contribution in [0.25, 0.3) is 0 Å². The van der Waals surface area contributed by atoms with Gasteiger partial charge in [-0.25, -0.2) is 8.78 Å². The van der Waals surface area contributed by atoms with Crippen molar-refractivity contribution in [2.24, 2.45) is 0 Å². The molecule has 0 saturated heterocycles. The number of halogens is 3. The van der Waals surface area contributed by atoms with Crippen molar-refractivity contribution in [3.05, 3.63) is 47.0 Å². The van der Waals surface area contributed by atoms with Crippen LogP contribution in [-0.2, 0) is 0 Å². The van der Waals surface area contributed by atoms with Crippen molar-refractivity contribution in [2.75, 3.05) is 18.2 Å². The second kappa shape index (κ2) is 5.32. The van der Waals surface area contributed by atoms with Crippen LogP contribution in [0.2, 0.25) is 5.02 Å². The molecule has 0 aromatic heterocycles. The third-order valence-corrected chi connectivity index (χ3v) is 2.81. The lowest BCUT2D eigenvalue weighted by atomic mass is 10.2. The summed E-state index contributed by atoms with van der Waals surface area (Å²) in [5.74, 6) is -0.738. The quantitative estimate of drug-likeness (QED) is 0.839. The molecule has 2 rings (SSSR count). The summed E-state index contributed by atoms with van der Waals surface area (Å²) < 4.78 is 31.7. The maximum Gasteiger partial charge on any atom is 0.148 e. The minimum Gasteiger partial charge on any atom is -0.495 e. The van der Waals surface area contributed by atoms with Gasteiger partial charge >= 0.3 is 0 Å². The molecule has 19 heavy (non-hydrogen) atoms. The monoisotopic (exact) mass is 284 g/mol. The van der Waals surface area contributed by atoms with Crippen molar-refractivity contribution in [1.82, 2.24) is 0 Å². The van der Waals surface area contributed by atoms with Crippen LogP contribution < -0.4 is 15.8 Å². The van der Waals surface area contributed by atoms with Crippen LogP contribution in [0.15, 0.2) is 30.3 Å². The highest BCUT2D eigenvalue weighted by atomic mass is 35.5. The topological polar surface area (TPSA) is 47.3 Å². The van der Waals surface area contributed by atoms with Crippen LogP contribution in [0, 0.1) is 11.6 Å². The number of nitrogens with two attached hydrogens (primary N) is 1. The highest BCUT2D eigenvalue weighted by Gasteiger charge is 2.09. The van der Waals surface area contributed by atoms with E-state index in [9.17, 15) is 8.78 Å². The van der Waals surface area contributed by atoms with Crippen molar-refractivity contribution in [1.29, 1.82) is 0 Å². The standard InChI is InChI=1S/C13H11ClF2N2O/c1-19-13-6-12(10(16)5-11(13)17)18-7-2-3-9(15)8(14)4-7/h2-6,18H,17H2,1H3. The summed E-state index contributed by atoms with van der Waals surface area (Å²) in [6.45, 7) is 0. The van der Waals surface area contributed by atoms with E-state index in [4.69, 9.17) is 22.1 Å². The SMILES string of the molecule is COc1cc(Nc2ccc(F)c(Cl)c2)c(F)cc1N. The first-order valence-corrected chi connectivity index (χ1v) is 5.74. The molecule has 3 N–H and O–H groups in total. The molecule has 6 heteroatoms. The van der Waals surface area contributed by atoms with Gasteiger partial charge < -0.3 is 15.8 Å². The van der Waals surface area contributed by atoms with E-state index in [0.717, 1.165) is 6.07 Å². The Morgan fingerprint density at radius 3 is 2.53 bits per heavy atom. The first kappa shape index (κ1) is 13.4. The molecule has 0 aliphatic carbocycles. The first-order valence-electron chi connectivity index (χ1n) is 5.36. The lowest BCUT2D eigenvalue weighted by Crippen LogP contribution is -1.99. The summed E-state index contributed by atoms with van der Waals surface area (Å²) in [6, 6.07) is 6.56. The number of anilines is 3. The second-order valence-electron chi connectivity index (χ2n) is 3.83. The Morgan fingerprint density at radius 2 is 1.89 bits per heavy atom. The van der Waals surface area contributed by atoms with Gasteiger partial charge in [0.15, 0.2) is 0 Å². The van der Waals surface area contributed by atoms with E-state index < -0.39 is 11.6 Å². The van der Waals surface area contributed by atoms with Gasteiger partial charge in [0, 0.05) is 17.8 Å². The molecule has 0 radical (unpaired) electrons. The van der Waals surface area contributed by atoms with Gasteiger partial charge in [-0.2, -0.15) is 0 Å². The molecule has 0 heterocycles. The van der Waals surface area contributed by atoms with Gasteiger partial charge in [0.05, 0.1) is 23.5 Å². The maximum absolute atomic E-state index is 13.7. The van der Waals surface area contributed by atoms with E-state index >= 15 is 0 Å². The fraction of sp³-hybridized carbons (Fsp3) is 0.0769. The fourth-order valence-electron chi connectivity index (χ4n) is 1.57. The first-order chi connectivity index (χ1) is 9.01. The minimum absolute atomic E-state index is 0.0483. The third kappa shape index (κ3) is 2.88. The summed E-state index contributed by atoms with van der Waals surface area (Å²) in [5, 5.41) is 2.73. The number of hydrogen-bond acceptors (Lipinski definition) is 3. The molecule has 0 spiro atoms. The Kier molecular flexibility index (Phi) is 3.76. The molecular formula is C13H11ClF2N2O. The van der Waals surface area contributed by atoms with Gasteiger partial charge in [-0.1, -0.05) is 11.6 Å². The molecule has 0 atom stereocenters. The maximum atomic E-state index is 13.7. The molecule has 100 valence electrons. The summed E-state index contributed by atoms with van der Waals surface area (Å²) >= 11 is 5.65. The number of methoxy groups -OCH3 is 1. The highest BCUT2D eigenvalue weighted by molar-refractivity contribution is 6.31. The molecule has 0 amide bonds. The number of rotatable bonds is 3. The van der Waals surface area contributed by atoms with Crippen LogP contribution in [0.4, 0.5) is 25.8 Å². The van der Waals surface area contributed by atoms with E-state index in [1.54, 1.807) is 0 Å². The third-order valence-electron chi connectivity index (χ3n) is 2.52. The molecule has 2 aromatic rings. The number of benzene rings is 2. The zero-order valence-corrected chi connectivity index (χ0v) is 10.8. The fourth-order valence-corrected chi connectivity index (χ4v) is 1.75. The molecule has 0 saturated carbocycles. The number of nitrogen functional groups attached to an aromatic ring is 1. The smallest absolute Gasteiger partial charge is 0.148 e. The van der Waals surface area contributed by atoms with Crippen molar-refractivity contribution in [2.45, 2.75) is 0 Å². The zero-order chi connectivity index (χ0) is 14.0. The Bertz CT molecular complexity index is 620. The number of ether oxygens (including phenoxy) is 1. The second-order valence-corrected chi connectivity index (χ2v) is 4.24. The average molecular weight is 285 g/mol. The van der Waals surface area contributed by atoms with Gasteiger partial charge in [-0.3, -0.25) is 0 Å². The molecular weight excluding hydrogens is 274 g/mol. The van der Waals surface area contributed by atoms with Crippen molar-refractivity contribution in [3.63, 3.8) is 0 Å². The normalized spacial score (nSPS) is 10.3. The van der Waals surface area contributed by atoms with Gasteiger partial charge in [-0.15, -0.1) is 0 Å². The summed E-state index contributed by atoms with van der Waals surface area (Å²) in [5.41, 5.74) is 6.39. The lowest BCUT2D eigenvalue weighted by Gasteiger charge is -2.11. The predicted molar refractivity (Wildman–Crippen MR) is 72.1 cm³/mol. The number of nitrogens with one attached hydrogen (secondary N) is 1. The van der Waals surface area contributed by atoms with Crippen LogP contribution in [-0.4, -0.2) is 7.11 Å². The molecule has 3 nitrogen and oxygen atoms in total. The average Bonchev–Trinajstić information content (AvgIpc) is 2.37. The van der Waals surface area contributed by atoms with E-state index in [2.05, 4.69) is 5.32 Å². The van der Waals surface area contributed by atoms with E-state index in [0.29, 0.717) is 11.4 Å². The van der Waals surface area contributed by atoms with Gasteiger partial charge in [-0.05, 0) is 18.2 Å². The summed E-state index contributed by atoms with van der Waals surface area (Å²) in [4.78, 5) is 0. The molecule has 0 aliphatic rings. The van der Waals surface area contributed by atoms with Gasteiger partial charge in [0.2, 0.25) is 0 Å². The predicted octanol–water partition coefficient (Wildman–Crippen LogP) is 3.95. The van der Waals surface area contributed by atoms with Gasteiger partial charge in [0.1, 0.15) is 17.4 Å². The molecule has 0 aliphatic heterocycles. The van der Waals surface area contributed by atoms with E-state index in [1.165, 1.54) is 31.4 Å². The molecule has 0 bridgehead atoms. The minimum atomic E-state index is -0.543. The van der Waals surface area contributed by atoms with Crippen LogP contribution in [0.1, 0.15) is 0 Å². The number of hydrogen-bond donors (Lipinski definition) is 2. The largest absolute Gasteiger partial charge is 0.495 e. The molecule has 0 fully saturated rings. The molecule has 2 aromatic carbocycles. The highest BCUT2D eigenvalue weighted by Crippen LogP contribution is 2.31. The van der Waals surface area contributed by atoms with Gasteiger partial charge in [0.25, 0.3) is 0 Å². The van der Waals surface area contributed by atoms with E-state index in [-0.39, 0.29) is 16.4 Å². The summed E-state index contributed by atoms with van der Waals surface area (Å²) in [6.07, 6.45) is 0. The van der Waals surface area contributed by atoms with Crippen molar-refractivity contribution >= 4 is 28.7 Å². The van der Waals surface area contributed by atoms with Crippen LogP contribution in [0.5, 0.6) is 5.75 Å². The van der Waals surface area contributed by atoms with Crippen molar-refractivity contribution in [3.8, 4) is 5.75 Å². The zero-order valence-electron chi connectivity index (χ0n) is 10.0. The van der Waals surface area contributed by atoms with Crippen LogP contribution in [0.3, 0.4) is 0 Å². The Hall–Kier alpha value is -2.01. The van der Waals surface area contributed by atoms with E-state index in [1.807, 2.05) is 0 Å². The lowest BCUT2D eigenvalue weighted by molar-refractivity contribution is 0.416. The molecule has 0 unspecified atom stereocenters. The Labute approximate surface area is 113 Å². The van der Waals surface area contributed by atoms with Crippen LogP contribution >= 0.6 is 11.6 Å².